The van der Waals surface area contributed by atoms with Gasteiger partial charge in [-0.15, -0.1) is 0 Å². The van der Waals surface area contributed by atoms with E-state index in [1.54, 1.807) is 6.20 Å². The van der Waals surface area contributed by atoms with Crippen molar-refractivity contribution in [2.24, 2.45) is 0 Å². The van der Waals surface area contributed by atoms with Crippen molar-refractivity contribution in [3.63, 3.8) is 0 Å². The molecule has 2 heterocycles. The van der Waals surface area contributed by atoms with E-state index in [0.717, 1.165) is 26.2 Å². The summed E-state index contributed by atoms with van der Waals surface area (Å²) >= 11 is 0. The molecule has 2 rings (SSSR count). The molecule has 15 heavy (non-hydrogen) atoms. The lowest BCUT2D eigenvalue weighted by Gasteiger charge is -2.28. The molecule has 1 saturated heterocycles. The molecule has 80 valence electrons. The van der Waals surface area contributed by atoms with Crippen LogP contribution >= 0.6 is 0 Å². The van der Waals surface area contributed by atoms with E-state index >= 15 is 0 Å². The van der Waals surface area contributed by atoms with Crippen molar-refractivity contribution < 1.29 is 4.92 Å². The number of aromatic nitrogens is 1. The Labute approximate surface area is 87.1 Å². The molecule has 0 unspecified atom stereocenters. The molecule has 1 aliphatic rings. The largest absolute Gasteiger partial charge is 0.362 e. The second kappa shape index (κ2) is 4.22. The summed E-state index contributed by atoms with van der Waals surface area (Å²) in [4.78, 5) is 16.4. The summed E-state index contributed by atoms with van der Waals surface area (Å²) in [7, 11) is 0. The number of nitro groups is 1. The third-order valence-electron chi connectivity index (χ3n) is 2.43. The number of pyridine rings is 1. The molecule has 6 heteroatoms. The van der Waals surface area contributed by atoms with Gasteiger partial charge < -0.3 is 10.2 Å². The average Bonchev–Trinajstić information content (AvgIpc) is 2.30. The average molecular weight is 208 g/mol. The zero-order valence-electron chi connectivity index (χ0n) is 8.22. The van der Waals surface area contributed by atoms with Gasteiger partial charge in [0.15, 0.2) is 0 Å². The van der Waals surface area contributed by atoms with Crippen molar-refractivity contribution in [1.82, 2.24) is 10.3 Å². The molecule has 1 aliphatic heterocycles. The fourth-order valence-electron chi connectivity index (χ4n) is 1.68. The van der Waals surface area contributed by atoms with Gasteiger partial charge in [0, 0.05) is 38.4 Å². The predicted molar refractivity (Wildman–Crippen MR) is 56.0 cm³/mol. The lowest BCUT2D eigenvalue weighted by Crippen LogP contribution is -2.43. The molecule has 1 aromatic rings. The van der Waals surface area contributed by atoms with Gasteiger partial charge in [-0.05, 0) is 0 Å². The molecule has 1 aromatic heterocycles. The standard InChI is InChI=1S/C9H12N4O2/c14-13(15)8-1-2-11-7-9(8)12-5-3-10-4-6-12/h1-2,7,10H,3-6H2. The third-order valence-corrected chi connectivity index (χ3v) is 2.43. The highest BCUT2D eigenvalue weighted by Crippen LogP contribution is 2.26. The minimum absolute atomic E-state index is 0.131. The quantitative estimate of drug-likeness (QED) is 0.562. The summed E-state index contributed by atoms with van der Waals surface area (Å²) < 4.78 is 0. The predicted octanol–water partition coefficient (Wildman–Crippen LogP) is 0.399. The van der Waals surface area contributed by atoms with Crippen LogP contribution in [0.5, 0.6) is 0 Å². The van der Waals surface area contributed by atoms with Gasteiger partial charge in [-0.1, -0.05) is 0 Å². The van der Waals surface area contributed by atoms with Crippen LogP contribution in [-0.2, 0) is 0 Å². The monoisotopic (exact) mass is 208 g/mol. The van der Waals surface area contributed by atoms with Gasteiger partial charge in [-0.2, -0.15) is 0 Å². The number of anilines is 1. The SMILES string of the molecule is O=[N+]([O-])c1ccncc1N1CCNCC1. The second-order valence-corrected chi connectivity index (χ2v) is 3.36. The van der Waals surface area contributed by atoms with Crippen molar-refractivity contribution in [3.05, 3.63) is 28.6 Å². The summed E-state index contributed by atoms with van der Waals surface area (Å²) in [6.45, 7) is 3.27. The van der Waals surface area contributed by atoms with Gasteiger partial charge in [-0.25, -0.2) is 0 Å². The Bertz CT molecular complexity index is 363. The summed E-state index contributed by atoms with van der Waals surface area (Å²) in [6, 6.07) is 1.44. The van der Waals surface area contributed by atoms with Crippen LogP contribution in [0.4, 0.5) is 11.4 Å². The maximum absolute atomic E-state index is 10.8. The number of piperazine rings is 1. The smallest absolute Gasteiger partial charge is 0.295 e. The zero-order chi connectivity index (χ0) is 10.7. The van der Waals surface area contributed by atoms with Crippen LogP contribution in [0, 0.1) is 10.1 Å². The Balaban J connectivity index is 2.29. The van der Waals surface area contributed by atoms with E-state index in [-0.39, 0.29) is 10.6 Å². The molecule has 0 bridgehead atoms. The van der Waals surface area contributed by atoms with Gasteiger partial charge in [-0.3, -0.25) is 15.1 Å². The van der Waals surface area contributed by atoms with Gasteiger partial charge in [0.2, 0.25) is 0 Å². The van der Waals surface area contributed by atoms with Gasteiger partial charge in [0.1, 0.15) is 5.69 Å². The van der Waals surface area contributed by atoms with Crippen LogP contribution in [0.15, 0.2) is 18.5 Å². The maximum atomic E-state index is 10.8. The Morgan fingerprint density at radius 1 is 1.47 bits per heavy atom. The highest BCUT2D eigenvalue weighted by Gasteiger charge is 2.20. The molecule has 0 aromatic carbocycles. The van der Waals surface area contributed by atoms with E-state index in [0.29, 0.717) is 5.69 Å². The molecule has 1 N–H and O–H groups in total. The van der Waals surface area contributed by atoms with Crippen LogP contribution in [-0.4, -0.2) is 36.1 Å². The first-order valence-electron chi connectivity index (χ1n) is 4.83. The van der Waals surface area contributed by atoms with Gasteiger partial charge >= 0.3 is 0 Å². The molecule has 0 aliphatic carbocycles. The first-order chi connectivity index (χ1) is 7.29. The van der Waals surface area contributed by atoms with E-state index in [1.807, 2.05) is 4.90 Å². The number of nitrogens with zero attached hydrogens (tertiary/aromatic N) is 3. The summed E-state index contributed by atoms with van der Waals surface area (Å²) in [5.41, 5.74) is 0.746. The number of hydrogen-bond acceptors (Lipinski definition) is 5. The summed E-state index contributed by atoms with van der Waals surface area (Å²) in [5.74, 6) is 0. The van der Waals surface area contributed by atoms with E-state index in [2.05, 4.69) is 10.3 Å². The van der Waals surface area contributed by atoms with Crippen molar-refractivity contribution >= 4 is 11.4 Å². The topological polar surface area (TPSA) is 71.3 Å². The lowest BCUT2D eigenvalue weighted by atomic mass is 10.2. The van der Waals surface area contributed by atoms with Crippen LogP contribution in [0.25, 0.3) is 0 Å². The minimum Gasteiger partial charge on any atom is -0.362 e. The van der Waals surface area contributed by atoms with Crippen molar-refractivity contribution in [1.29, 1.82) is 0 Å². The normalized spacial score (nSPS) is 16.4. The minimum atomic E-state index is -0.362. The molecule has 0 radical (unpaired) electrons. The van der Waals surface area contributed by atoms with Crippen LogP contribution in [0.2, 0.25) is 0 Å². The fraction of sp³-hybridized carbons (Fsp3) is 0.444. The van der Waals surface area contributed by atoms with Gasteiger partial charge in [0.25, 0.3) is 5.69 Å². The summed E-state index contributed by atoms with van der Waals surface area (Å²) in [6.07, 6.45) is 3.01. The van der Waals surface area contributed by atoms with Crippen molar-refractivity contribution in [2.75, 3.05) is 31.1 Å². The van der Waals surface area contributed by atoms with Crippen molar-refractivity contribution in [2.45, 2.75) is 0 Å². The molecule has 1 fully saturated rings. The van der Waals surface area contributed by atoms with Crippen LogP contribution in [0.1, 0.15) is 0 Å². The molecule has 0 atom stereocenters. The third kappa shape index (κ3) is 2.04. The fourth-order valence-corrected chi connectivity index (χ4v) is 1.68. The Hall–Kier alpha value is -1.69. The van der Waals surface area contributed by atoms with Gasteiger partial charge in [0.05, 0.1) is 11.1 Å². The highest BCUT2D eigenvalue weighted by molar-refractivity contribution is 5.61. The molecule has 0 amide bonds. The Kier molecular flexibility index (Phi) is 2.77. The number of hydrogen-bond donors (Lipinski definition) is 1. The molecular formula is C9H12N4O2. The number of rotatable bonds is 2. The second-order valence-electron chi connectivity index (χ2n) is 3.36. The van der Waals surface area contributed by atoms with Crippen LogP contribution < -0.4 is 10.2 Å². The van der Waals surface area contributed by atoms with E-state index in [1.165, 1.54) is 12.3 Å². The Morgan fingerprint density at radius 2 is 2.20 bits per heavy atom. The lowest BCUT2D eigenvalue weighted by molar-refractivity contribution is -0.384. The molecule has 0 saturated carbocycles. The molecule has 6 nitrogen and oxygen atoms in total. The number of nitrogens with one attached hydrogen (secondary N) is 1. The Morgan fingerprint density at radius 3 is 2.87 bits per heavy atom. The first kappa shape index (κ1) is 9.85. The molecular weight excluding hydrogens is 196 g/mol. The molecule has 0 spiro atoms. The van der Waals surface area contributed by atoms with E-state index in [9.17, 15) is 10.1 Å². The summed E-state index contributed by atoms with van der Waals surface area (Å²) in [5, 5.41) is 14.0. The maximum Gasteiger partial charge on any atom is 0.295 e. The van der Waals surface area contributed by atoms with Crippen molar-refractivity contribution in [3.8, 4) is 0 Å². The van der Waals surface area contributed by atoms with E-state index in [4.69, 9.17) is 0 Å². The zero-order valence-corrected chi connectivity index (χ0v) is 8.22. The first-order valence-corrected chi connectivity index (χ1v) is 4.83. The van der Waals surface area contributed by atoms with Crippen LogP contribution in [0.3, 0.4) is 0 Å². The van der Waals surface area contributed by atoms with E-state index < -0.39 is 0 Å². The highest BCUT2D eigenvalue weighted by atomic mass is 16.6.